The summed E-state index contributed by atoms with van der Waals surface area (Å²) in [4.78, 5) is 8.80. The number of aryl methyl sites for hydroxylation is 1. The Morgan fingerprint density at radius 3 is 2.71 bits per heavy atom. The summed E-state index contributed by atoms with van der Waals surface area (Å²) in [5.41, 5.74) is 8.14. The number of nitrogens with two attached hydrogens (primary N) is 1. The first-order valence-corrected chi connectivity index (χ1v) is 5.91. The Kier molecular flexibility index (Phi) is 2.91. The van der Waals surface area contributed by atoms with Gasteiger partial charge in [-0.1, -0.05) is 20.8 Å². The Morgan fingerprint density at radius 2 is 2.12 bits per heavy atom. The van der Waals surface area contributed by atoms with E-state index in [1.54, 1.807) is 6.20 Å². The first-order valence-electron chi connectivity index (χ1n) is 5.91. The molecule has 4 nitrogen and oxygen atoms in total. The molecule has 0 bridgehead atoms. The van der Waals surface area contributed by atoms with Crippen molar-refractivity contribution >= 4 is 11.2 Å². The van der Waals surface area contributed by atoms with Gasteiger partial charge in [-0.2, -0.15) is 0 Å². The van der Waals surface area contributed by atoms with Crippen LogP contribution in [-0.2, 0) is 13.5 Å². The zero-order valence-corrected chi connectivity index (χ0v) is 10.9. The average Bonchev–Trinajstić information content (AvgIpc) is 2.55. The second-order valence-corrected chi connectivity index (χ2v) is 5.61. The molecule has 0 spiro atoms. The van der Waals surface area contributed by atoms with Crippen LogP contribution in [0.15, 0.2) is 18.3 Å². The molecule has 2 N–H and O–H groups in total. The summed E-state index contributed by atoms with van der Waals surface area (Å²) in [7, 11) is 2.02. The highest BCUT2D eigenvalue weighted by molar-refractivity contribution is 5.71. The smallest absolute Gasteiger partial charge is 0.177 e. The molecule has 4 heteroatoms. The maximum atomic E-state index is 6.20. The van der Waals surface area contributed by atoms with E-state index < -0.39 is 0 Å². The molecule has 92 valence electrons. The summed E-state index contributed by atoms with van der Waals surface area (Å²) < 4.78 is 2.08. The maximum absolute atomic E-state index is 6.20. The van der Waals surface area contributed by atoms with Crippen molar-refractivity contribution in [1.82, 2.24) is 14.5 Å². The summed E-state index contributed by atoms with van der Waals surface area (Å²) in [6.45, 7) is 6.45. The van der Waals surface area contributed by atoms with Gasteiger partial charge in [0, 0.05) is 25.7 Å². The van der Waals surface area contributed by atoms with Crippen LogP contribution in [0, 0.1) is 5.41 Å². The molecule has 0 aliphatic carbocycles. The molecule has 0 aromatic carbocycles. The van der Waals surface area contributed by atoms with Crippen LogP contribution >= 0.6 is 0 Å². The SMILES string of the molecule is Cn1c(CC(N)C(C)(C)C)nc2ncccc21. The molecule has 2 rings (SSSR count). The van der Waals surface area contributed by atoms with E-state index in [2.05, 4.69) is 35.3 Å². The molecular weight excluding hydrogens is 212 g/mol. The van der Waals surface area contributed by atoms with Crippen LogP contribution in [-0.4, -0.2) is 20.6 Å². The summed E-state index contributed by atoms with van der Waals surface area (Å²) in [5, 5.41) is 0. The number of pyridine rings is 1. The minimum Gasteiger partial charge on any atom is -0.330 e. The molecule has 17 heavy (non-hydrogen) atoms. The van der Waals surface area contributed by atoms with Gasteiger partial charge in [-0.3, -0.25) is 0 Å². The molecule has 0 radical (unpaired) electrons. The van der Waals surface area contributed by atoms with E-state index >= 15 is 0 Å². The molecule has 0 amide bonds. The fraction of sp³-hybridized carbons (Fsp3) is 0.538. The minimum absolute atomic E-state index is 0.0889. The van der Waals surface area contributed by atoms with Crippen molar-refractivity contribution in [2.24, 2.45) is 18.2 Å². The quantitative estimate of drug-likeness (QED) is 0.860. The van der Waals surface area contributed by atoms with Crippen LogP contribution in [0.1, 0.15) is 26.6 Å². The second-order valence-electron chi connectivity index (χ2n) is 5.61. The van der Waals surface area contributed by atoms with Crippen molar-refractivity contribution in [1.29, 1.82) is 0 Å². The third kappa shape index (κ3) is 2.31. The molecule has 0 saturated carbocycles. The highest BCUT2D eigenvalue weighted by atomic mass is 15.1. The number of nitrogens with zero attached hydrogens (tertiary/aromatic N) is 3. The molecule has 0 aliphatic rings. The minimum atomic E-state index is 0.0889. The van der Waals surface area contributed by atoms with Gasteiger partial charge in [0.05, 0.1) is 5.52 Å². The molecule has 1 atom stereocenters. The molecule has 2 aromatic rings. The fourth-order valence-electron chi connectivity index (χ4n) is 1.76. The summed E-state index contributed by atoms with van der Waals surface area (Å²) >= 11 is 0. The number of rotatable bonds is 2. The highest BCUT2D eigenvalue weighted by Gasteiger charge is 2.23. The van der Waals surface area contributed by atoms with E-state index in [1.165, 1.54) is 0 Å². The van der Waals surface area contributed by atoms with Crippen LogP contribution in [0.4, 0.5) is 0 Å². The standard InChI is InChI=1S/C13H20N4/c1-13(2,3)10(14)8-11-16-12-9(17(11)4)6-5-7-15-12/h5-7,10H,8,14H2,1-4H3. The lowest BCUT2D eigenvalue weighted by Crippen LogP contribution is -2.37. The van der Waals surface area contributed by atoms with Gasteiger partial charge >= 0.3 is 0 Å². The van der Waals surface area contributed by atoms with Gasteiger partial charge in [-0.25, -0.2) is 9.97 Å². The Balaban J connectivity index is 2.34. The normalized spacial score (nSPS) is 14.2. The van der Waals surface area contributed by atoms with Crippen molar-refractivity contribution in [2.75, 3.05) is 0 Å². The fourth-order valence-corrected chi connectivity index (χ4v) is 1.76. The monoisotopic (exact) mass is 232 g/mol. The number of hydrogen-bond acceptors (Lipinski definition) is 3. The van der Waals surface area contributed by atoms with Crippen molar-refractivity contribution in [2.45, 2.75) is 33.2 Å². The van der Waals surface area contributed by atoms with Crippen LogP contribution in [0.25, 0.3) is 11.2 Å². The molecule has 0 aliphatic heterocycles. The molecule has 0 saturated heterocycles. The van der Waals surface area contributed by atoms with E-state index in [0.717, 1.165) is 23.4 Å². The average molecular weight is 232 g/mol. The molecular formula is C13H20N4. The van der Waals surface area contributed by atoms with Gasteiger partial charge in [0.25, 0.3) is 0 Å². The van der Waals surface area contributed by atoms with E-state index in [9.17, 15) is 0 Å². The summed E-state index contributed by atoms with van der Waals surface area (Å²) in [6.07, 6.45) is 2.54. The van der Waals surface area contributed by atoms with E-state index in [0.29, 0.717) is 0 Å². The largest absolute Gasteiger partial charge is 0.330 e. The van der Waals surface area contributed by atoms with Crippen LogP contribution in [0.5, 0.6) is 0 Å². The van der Waals surface area contributed by atoms with Gasteiger partial charge in [-0.05, 0) is 17.5 Å². The van der Waals surface area contributed by atoms with Crippen molar-refractivity contribution in [3.8, 4) is 0 Å². The van der Waals surface area contributed by atoms with Crippen LogP contribution in [0.2, 0.25) is 0 Å². The molecule has 0 fully saturated rings. The van der Waals surface area contributed by atoms with E-state index in [-0.39, 0.29) is 11.5 Å². The number of fused-ring (bicyclic) bond motifs is 1. The molecule has 1 unspecified atom stereocenters. The van der Waals surface area contributed by atoms with Crippen molar-refractivity contribution in [3.63, 3.8) is 0 Å². The van der Waals surface area contributed by atoms with Crippen LogP contribution in [0.3, 0.4) is 0 Å². The Morgan fingerprint density at radius 1 is 1.41 bits per heavy atom. The number of hydrogen-bond donors (Lipinski definition) is 1. The third-order valence-corrected chi connectivity index (χ3v) is 3.26. The Bertz CT molecular complexity index is 522. The lowest BCUT2D eigenvalue weighted by atomic mass is 9.85. The number of imidazole rings is 1. The predicted octanol–water partition coefficient (Wildman–Crippen LogP) is 1.88. The zero-order chi connectivity index (χ0) is 12.6. The lowest BCUT2D eigenvalue weighted by Gasteiger charge is -2.26. The number of aromatic nitrogens is 3. The van der Waals surface area contributed by atoms with Crippen molar-refractivity contribution in [3.05, 3.63) is 24.2 Å². The first kappa shape index (κ1) is 12.0. The highest BCUT2D eigenvalue weighted by Crippen LogP contribution is 2.21. The summed E-state index contributed by atoms with van der Waals surface area (Å²) in [5.74, 6) is 1.00. The van der Waals surface area contributed by atoms with Gasteiger partial charge in [0.15, 0.2) is 5.65 Å². The van der Waals surface area contributed by atoms with E-state index in [1.807, 2.05) is 19.2 Å². The Labute approximate surface area is 102 Å². The Hall–Kier alpha value is -1.42. The topological polar surface area (TPSA) is 56.7 Å². The predicted molar refractivity (Wildman–Crippen MR) is 69.6 cm³/mol. The zero-order valence-electron chi connectivity index (χ0n) is 10.9. The van der Waals surface area contributed by atoms with Crippen molar-refractivity contribution < 1.29 is 0 Å². The van der Waals surface area contributed by atoms with Gasteiger partial charge in [0.2, 0.25) is 0 Å². The second kappa shape index (κ2) is 4.11. The van der Waals surface area contributed by atoms with Gasteiger partial charge < -0.3 is 10.3 Å². The summed E-state index contributed by atoms with van der Waals surface area (Å²) in [6, 6.07) is 4.05. The van der Waals surface area contributed by atoms with Gasteiger partial charge in [-0.15, -0.1) is 0 Å². The first-order chi connectivity index (χ1) is 7.89. The van der Waals surface area contributed by atoms with Gasteiger partial charge in [0.1, 0.15) is 5.82 Å². The third-order valence-electron chi connectivity index (χ3n) is 3.26. The maximum Gasteiger partial charge on any atom is 0.177 e. The lowest BCUT2D eigenvalue weighted by molar-refractivity contribution is 0.313. The molecule has 2 aromatic heterocycles. The molecule has 2 heterocycles. The van der Waals surface area contributed by atoms with E-state index in [4.69, 9.17) is 5.73 Å². The van der Waals surface area contributed by atoms with Crippen LogP contribution < -0.4 is 5.73 Å².